The minimum Gasteiger partial charge on any atom is -0.338 e. The van der Waals surface area contributed by atoms with Crippen molar-refractivity contribution in [1.82, 2.24) is 10.2 Å². The predicted molar refractivity (Wildman–Crippen MR) is 108 cm³/mol. The van der Waals surface area contributed by atoms with E-state index in [2.05, 4.69) is 60.6 Å². The average Bonchev–Trinajstić information content (AvgIpc) is 3.06. The number of benzene rings is 2. The maximum atomic E-state index is 12.1. The van der Waals surface area contributed by atoms with Crippen LogP contribution in [0.15, 0.2) is 42.5 Å². The van der Waals surface area contributed by atoms with E-state index in [1.54, 1.807) is 0 Å². The monoisotopic (exact) mass is 351 g/mol. The maximum absolute atomic E-state index is 12.1. The van der Waals surface area contributed by atoms with Crippen molar-refractivity contribution in [1.29, 1.82) is 0 Å². The van der Waals surface area contributed by atoms with Crippen LogP contribution < -0.4 is 10.6 Å². The first-order chi connectivity index (χ1) is 12.5. The van der Waals surface area contributed by atoms with Crippen molar-refractivity contribution in [3.05, 3.63) is 64.7 Å². The molecule has 2 aromatic carbocycles. The van der Waals surface area contributed by atoms with Crippen molar-refractivity contribution >= 4 is 11.7 Å². The lowest BCUT2D eigenvalue weighted by atomic mass is 10.1. The van der Waals surface area contributed by atoms with Gasteiger partial charge in [-0.3, -0.25) is 4.90 Å². The highest BCUT2D eigenvalue weighted by atomic mass is 16.2. The zero-order valence-corrected chi connectivity index (χ0v) is 16.0. The molecule has 0 bridgehead atoms. The first-order valence-electron chi connectivity index (χ1n) is 9.39. The zero-order chi connectivity index (χ0) is 18.5. The number of anilines is 1. The Balaban J connectivity index is 1.41. The molecule has 4 nitrogen and oxygen atoms in total. The molecule has 0 aliphatic carbocycles. The van der Waals surface area contributed by atoms with E-state index in [0.717, 1.165) is 38.3 Å². The van der Waals surface area contributed by atoms with E-state index in [-0.39, 0.29) is 6.03 Å². The number of hydrogen-bond donors (Lipinski definition) is 2. The van der Waals surface area contributed by atoms with Gasteiger partial charge < -0.3 is 10.6 Å². The van der Waals surface area contributed by atoms with E-state index < -0.39 is 0 Å². The molecule has 2 N–H and O–H groups in total. The highest BCUT2D eigenvalue weighted by Gasteiger charge is 2.22. The fraction of sp³-hybridized carbons (Fsp3) is 0.409. The molecular formula is C22H29N3O. The number of amides is 2. The van der Waals surface area contributed by atoms with Crippen LogP contribution >= 0.6 is 0 Å². The summed E-state index contributed by atoms with van der Waals surface area (Å²) in [5, 5.41) is 5.95. The largest absolute Gasteiger partial charge is 0.338 e. The number of carbonyl (C=O) groups excluding carboxylic acids is 1. The molecule has 1 fully saturated rings. The van der Waals surface area contributed by atoms with Crippen LogP contribution in [-0.4, -0.2) is 30.6 Å². The lowest BCUT2D eigenvalue weighted by Gasteiger charge is -2.17. The first-order valence-corrected chi connectivity index (χ1v) is 9.39. The maximum Gasteiger partial charge on any atom is 0.319 e. The summed E-state index contributed by atoms with van der Waals surface area (Å²) in [6.07, 6.45) is 1.13. The molecule has 1 saturated heterocycles. The van der Waals surface area contributed by atoms with E-state index >= 15 is 0 Å². The highest BCUT2D eigenvalue weighted by molar-refractivity contribution is 5.89. The second-order valence-corrected chi connectivity index (χ2v) is 7.51. The topological polar surface area (TPSA) is 44.4 Å². The Labute approximate surface area is 156 Å². The van der Waals surface area contributed by atoms with Crippen molar-refractivity contribution in [2.75, 3.05) is 25.0 Å². The van der Waals surface area contributed by atoms with Gasteiger partial charge in [-0.25, -0.2) is 4.79 Å². The second kappa shape index (κ2) is 8.37. The van der Waals surface area contributed by atoms with Gasteiger partial charge >= 0.3 is 6.03 Å². The molecule has 0 aromatic heterocycles. The number of aryl methyl sites for hydroxylation is 3. The summed E-state index contributed by atoms with van der Waals surface area (Å²) in [5.41, 5.74) is 5.92. The summed E-state index contributed by atoms with van der Waals surface area (Å²) in [6.45, 7) is 10.1. The van der Waals surface area contributed by atoms with E-state index in [1.807, 2.05) is 18.2 Å². The van der Waals surface area contributed by atoms with E-state index in [0.29, 0.717) is 5.92 Å². The summed E-state index contributed by atoms with van der Waals surface area (Å²) in [7, 11) is 0. The summed E-state index contributed by atoms with van der Waals surface area (Å²) >= 11 is 0. The van der Waals surface area contributed by atoms with Crippen LogP contribution in [0.3, 0.4) is 0 Å². The molecule has 138 valence electrons. The lowest BCUT2D eigenvalue weighted by molar-refractivity contribution is 0.249. The number of nitrogens with one attached hydrogen (secondary N) is 2. The SMILES string of the molecule is Cc1ccc(CN2CCC(CNC(=O)Nc3ccc(C)c(C)c3)C2)cc1. The summed E-state index contributed by atoms with van der Waals surface area (Å²) < 4.78 is 0. The normalized spacial score (nSPS) is 17.3. The summed E-state index contributed by atoms with van der Waals surface area (Å²) in [4.78, 5) is 14.6. The fourth-order valence-electron chi connectivity index (χ4n) is 3.41. The molecule has 2 amide bonds. The Kier molecular flexibility index (Phi) is 5.94. The third-order valence-electron chi connectivity index (χ3n) is 5.21. The number of likely N-dealkylation sites (tertiary alicyclic amines) is 1. The van der Waals surface area contributed by atoms with Crippen LogP contribution in [0, 0.1) is 26.7 Å². The van der Waals surface area contributed by atoms with Crippen LogP contribution in [0.5, 0.6) is 0 Å². The van der Waals surface area contributed by atoms with Gasteiger partial charge in [-0.1, -0.05) is 35.9 Å². The van der Waals surface area contributed by atoms with Crippen molar-refractivity contribution in [2.45, 2.75) is 33.7 Å². The molecule has 1 heterocycles. The van der Waals surface area contributed by atoms with Crippen molar-refractivity contribution < 1.29 is 4.79 Å². The zero-order valence-electron chi connectivity index (χ0n) is 16.0. The molecule has 26 heavy (non-hydrogen) atoms. The molecule has 0 spiro atoms. The van der Waals surface area contributed by atoms with Gasteiger partial charge in [0.2, 0.25) is 0 Å². The van der Waals surface area contributed by atoms with Gasteiger partial charge in [0.25, 0.3) is 0 Å². The third kappa shape index (κ3) is 5.09. The van der Waals surface area contributed by atoms with Gasteiger partial charge in [0.15, 0.2) is 0 Å². The van der Waals surface area contributed by atoms with Crippen LogP contribution in [0.4, 0.5) is 10.5 Å². The first kappa shape index (κ1) is 18.5. The Morgan fingerprint density at radius 2 is 1.85 bits per heavy atom. The van der Waals surface area contributed by atoms with Crippen LogP contribution in [0.2, 0.25) is 0 Å². The van der Waals surface area contributed by atoms with Gasteiger partial charge in [0.1, 0.15) is 0 Å². The van der Waals surface area contributed by atoms with Gasteiger partial charge in [-0.15, -0.1) is 0 Å². The highest BCUT2D eigenvalue weighted by Crippen LogP contribution is 2.19. The average molecular weight is 351 g/mol. The Morgan fingerprint density at radius 3 is 2.58 bits per heavy atom. The van der Waals surface area contributed by atoms with Gasteiger partial charge in [0, 0.05) is 25.3 Å². The van der Waals surface area contributed by atoms with Crippen LogP contribution in [0.1, 0.15) is 28.7 Å². The number of urea groups is 1. The number of carbonyl (C=O) groups is 1. The van der Waals surface area contributed by atoms with E-state index in [1.165, 1.54) is 22.3 Å². The summed E-state index contributed by atoms with van der Waals surface area (Å²) in [6, 6.07) is 14.6. The van der Waals surface area contributed by atoms with Crippen molar-refractivity contribution in [3.8, 4) is 0 Å². The molecule has 1 aliphatic heterocycles. The minimum atomic E-state index is -0.120. The number of hydrogen-bond acceptors (Lipinski definition) is 2. The third-order valence-corrected chi connectivity index (χ3v) is 5.21. The summed E-state index contributed by atoms with van der Waals surface area (Å²) in [5.74, 6) is 0.519. The molecule has 4 heteroatoms. The van der Waals surface area contributed by atoms with Gasteiger partial charge in [-0.05, 0) is 68.5 Å². The number of nitrogens with zero attached hydrogens (tertiary/aromatic N) is 1. The predicted octanol–water partition coefficient (Wildman–Crippen LogP) is 4.26. The Hall–Kier alpha value is -2.33. The van der Waals surface area contributed by atoms with Gasteiger partial charge in [-0.2, -0.15) is 0 Å². The quantitative estimate of drug-likeness (QED) is 0.845. The van der Waals surface area contributed by atoms with Crippen molar-refractivity contribution in [3.63, 3.8) is 0 Å². The lowest BCUT2D eigenvalue weighted by Crippen LogP contribution is -2.34. The molecule has 2 aromatic rings. The Morgan fingerprint density at radius 1 is 1.08 bits per heavy atom. The molecule has 1 atom stereocenters. The van der Waals surface area contributed by atoms with E-state index in [4.69, 9.17) is 0 Å². The smallest absolute Gasteiger partial charge is 0.319 e. The molecule has 0 radical (unpaired) electrons. The molecule has 1 unspecified atom stereocenters. The van der Waals surface area contributed by atoms with Crippen molar-refractivity contribution in [2.24, 2.45) is 5.92 Å². The minimum absolute atomic E-state index is 0.120. The molecule has 0 saturated carbocycles. The Bertz CT molecular complexity index is 754. The molecular weight excluding hydrogens is 322 g/mol. The van der Waals surface area contributed by atoms with Crippen LogP contribution in [0.25, 0.3) is 0 Å². The van der Waals surface area contributed by atoms with Crippen LogP contribution in [-0.2, 0) is 6.54 Å². The number of rotatable bonds is 5. The standard InChI is InChI=1S/C22H29N3O/c1-16-4-7-19(8-5-16)14-25-11-10-20(15-25)13-23-22(26)24-21-9-6-17(2)18(3)12-21/h4-9,12,20H,10-11,13-15H2,1-3H3,(H2,23,24,26). The molecule has 1 aliphatic rings. The molecule has 3 rings (SSSR count). The fourth-order valence-corrected chi connectivity index (χ4v) is 3.41. The van der Waals surface area contributed by atoms with Gasteiger partial charge in [0.05, 0.1) is 0 Å². The van der Waals surface area contributed by atoms with E-state index in [9.17, 15) is 4.79 Å². The second-order valence-electron chi connectivity index (χ2n) is 7.51.